The quantitative estimate of drug-likeness (QED) is 0.537. The first-order valence-electron chi connectivity index (χ1n) is 7.84. The summed E-state index contributed by atoms with van der Waals surface area (Å²) in [6.45, 7) is 5.42. The Balaban J connectivity index is 2.13. The average molecular weight is 352 g/mol. The summed E-state index contributed by atoms with van der Waals surface area (Å²) in [5.74, 6) is 0. The van der Waals surface area contributed by atoms with Crippen LogP contribution in [0.4, 0.5) is 22.7 Å². The van der Waals surface area contributed by atoms with Crippen LogP contribution >= 0.6 is 0 Å². The van der Waals surface area contributed by atoms with Crippen molar-refractivity contribution in [2.45, 2.75) is 20.8 Å². The van der Waals surface area contributed by atoms with Gasteiger partial charge in [-0.25, -0.2) is 0 Å². The van der Waals surface area contributed by atoms with Crippen molar-refractivity contribution in [3.63, 3.8) is 0 Å². The zero-order valence-electron chi connectivity index (χ0n) is 14.4. The molecule has 1 heterocycles. The van der Waals surface area contributed by atoms with Gasteiger partial charge in [-0.1, -0.05) is 11.6 Å². The van der Waals surface area contributed by atoms with E-state index in [1.54, 1.807) is 13.1 Å². The normalized spacial score (nSPS) is 10.7. The Morgan fingerprint density at radius 3 is 2.27 bits per heavy atom. The third-order valence-corrected chi connectivity index (χ3v) is 4.27. The molecule has 3 rings (SSSR count). The molecule has 132 valence electrons. The van der Waals surface area contributed by atoms with Crippen LogP contribution in [0.25, 0.3) is 10.9 Å². The lowest BCUT2D eigenvalue weighted by molar-refractivity contribution is -0.394. The van der Waals surface area contributed by atoms with E-state index in [0.29, 0.717) is 11.3 Å². The van der Waals surface area contributed by atoms with Crippen LogP contribution < -0.4 is 5.32 Å². The Morgan fingerprint density at radius 2 is 1.62 bits per heavy atom. The zero-order chi connectivity index (χ0) is 19.0. The minimum Gasteiger partial charge on any atom is -0.348 e. The minimum absolute atomic E-state index is 0.190. The number of aryl methyl sites for hydroxylation is 3. The predicted molar refractivity (Wildman–Crippen MR) is 99.0 cm³/mol. The fraction of sp³-hybridized carbons (Fsp3) is 0.167. The van der Waals surface area contributed by atoms with Crippen molar-refractivity contribution >= 4 is 33.7 Å². The Hall–Kier alpha value is -3.55. The summed E-state index contributed by atoms with van der Waals surface area (Å²) in [7, 11) is 0. The predicted octanol–water partition coefficient (Wildman–Crippen LogP) is 4.72. The SMILES string of the molecule is Cc1ccc2ncc(Nc3cc(C)c([N+](=O)[O-])cc3[N+](=O)[O-])c(C)c2c1. The Labute approximate surface area is 148 Å². The van der Waals surface area contributed by atoms with Crippen molar-refractivity contribution in [2.24, 2.45) is 0 Å². The molecule has 1 N–H and O–H groups in total. The molecule has 1 aromatic heterocycles. The summed E-state index contributed by atoms with van der Waals surface area (Å²) in [4.78, 5) is 25.5. The molecule has 0 saturated carbocycles. The number of nitrogens with one attached hydrogen (secondary N) is 1. The Kier molecular flexibility index (Phi) is 4.25. The van der Waals surface area contributed by atoms with E-state index >= 15 is 0 Å². The molecule has 0 aliphatic rings. The molecule has 3 aromatic rings. The third-order valence-electron chi connectivity index (χ3n) is 4.27. The molecular formula is C18H16N4O4. The van der Waals surface area contributed by atoms with Crippen LogP contribution in [0, 0.1) is 41.0 Å². The summed E-state index contributed by atoms with van der Waals surface area (Å²) in [6.07, 6.45) is 1.60. The summed E-state index contributed by atoms with van der Waals surface area (Å²) in [5.41, 5.74) is 3.30. The van der Waals surface area contributed by atoms with Gasteiger partial charge in [0.2, 0.25) is 0 Å². The highest BCUT2D eigenvalue weighted by atomic mass is 16.6. The molecule has 2 aromatic carbocycles. The maximum Gasteiger partial charge on any atom is 0.299 e. The molecule has 0 fully saturated rings. The summed E-state index contributed by atoms with van der Waals surface area (Å²) in [6, 6.07) is 8.27. The molecule has 0 bridgehead atoms. The molecule has 26 heavy (non-hydrogen) atoms. The van der Waals surface area contributed by atoms with Gasteiger partial charge in [0.05, 0.1) is 33.3 Å². The zero-order valence-corrected chi connectivity index (χ0v) is 14.4. The molecule has 8 nitrogen and oxygen atoms in total. The van der Waals surface area contributed by atoms with Crippen molar-refractivity contribution in [1.82, 2.24) is 4.98 Å². The molecule has 0 saturated heterocycles. The maximum atomic E-state index is 11.4. The second kappa shape index (κ2) is 6.40. The number of hydrogen-bond donors (Lipinski definition) is 1. The van der Waals surface area contributed by atoms with Crippen LogP contribution in [0.1, 0.15) is 16.7 Å². The van der Waals surface area contributed by atoms with Crippen molar-refractivity contribution in [1.29, 1.82) is 0 Å². The van der Waals surface area contributed by atoms with E-state index in [1.165, 1.54) is 6.07 Å². The molecule has 0 amide bonds. The number of aromatic nitrogens is 1. The molecule has 0 atom stereocenters. The van der Waals surface area contributed by atoms with E-state index in [2.05, 4.69) is 10.3 Å². The van der Waals surface area contributed by atoms with Crippen molar-refractivity contribution in [3.8, 4) is 0 Å². The first-order valence-corrected chi connectivity index (χ1v) is 7.84. The van der Waals surface area contributed by atoms with Crippen molar-refractivity contribution < 1.29 is 9.85 Å². The molecule has 0 radical (unpaired) electrons. The van der Waals surface area contributed by atoms with Gasteiger partial charge in [-0.15, -0.1) is 0 Å². The largest absolute Gasteiger partial charge is 0.348 e. The molecule has 8 heteroatoms. The number of pyridine rings is 1. The number of anilines is 2. The van der Waals surface area contributed by atoms with Crippen LogP contribution in [0.3, 0.4) is 0 Å². The highest BCUT2D eigenvalue weighted by Crippen LogP contribution is 2.35. The van der Waals surface area contributed by atoms with Gasteiger partial charge in [-0.05, 0) is 44.5 Å². The summed E-state index contributed by atoms with van der Waals surface area (Å²) < 4.78 is 0. The topological polar surface area (TPSA) is 111 Å². The van der Waals surface area contributed by atoms with Crippen LogP contribution in [-0.2, 0) is 0 Å². The highest BCUT2D eigenvalue weighted by Gasteiger charge is 2.23. The maximum absolute atomic E-state index is 11.4. The fourth-order valence-corrected chi connectivity index (χ4v) is 2.84. The van der Waals surface area contributed by atoms with Gasteiger partial charge in [0.15, 0.2) is 0 Å². The minimum atomic E-state index is -0.636. The molecule has 0 unspecified atom stereocenters. The van der Waals surface area contributed by atoms with E-state index in [1.807, 2.05) is 32.0 Å². The molecule has 0 aliphatic heterocycles. The van der Waals surface area contributed by atoms with Crippen LogP contribution in [0.15, 0.2) is 36.5 Å². The lowest BCUT2D eigenvalue weighted by atomic mass is 10.1. The molecular weight excluding hydrogens is 336 g/mol. The smallest absolute Gasteiger partial charge is 0.299 e. The van der Waals surface area contributed by atoms with Gasteiger partial charge < -0.3 is 5.32 Å². The summed E-state index contributed by atoms with van der Waals surface area (Å²) >= 11 is 0. The second-order valence-corrected chi connectivity index (χ2v) is 6.11. The standard InChI is InChI=1S/C18H16N4O4/c1-10-4-5-14-13(6-10)12(3)16(9-19-14)20-15-7-11(2)17(21(23)24)8-18(15)22(25)26/h4-9,20H,1-3H3. The molecule has 0 spiro atoms. The number of rotatable bonds is 4. The number of nitro groups is 2. The number of benzene rings is 2. The Bertz CT molecular complexity index is 1060. The third kappa shape index (κ3) is 3.04. The number of nitro benzene ring substituents is 2. The average Bonchev–Trinajstić information content (AvgIpc) is 2.57. The van der Waals surface area contributed by atoms with Crippen molar-refractivity contribution in [3.05, 3.63) is 73.4 Å². The van der Waals surface area contributed by atoms with Gasteiger partial charge in [-0.2, -0.15) is 0 Å². The monoisotopic (exact) mass is 352 g/mol. The lowest BCUT2D eigenvalue weighted by Gasteiger charge is -2.13. The van der Waals surface area contributed by atoms with Gasteiger partial charge in [0.25, 0.3) is 11.4 Å². The van der Waals surface area contributed by atoms with Crippen molar-refractivity contribution in [2.75, 3.05) is 5.32 Å². The van der Waals surface area contributed by atoms with Gasteiger partial charge in [0.1, 0.15) is 5.69 Å². The Morgan fingerprint density at radius 1 is 0.923 bits per heavy atom. The van der Waals surface area contributed by atoms with E-state index in [0.717, 1.165) is 28.1 Å². The lowest BCUT2D eigenvalue weighted by Crippen LogP contribution is -2.02. The second-order valence-electron chi connectivity index (χ2n) is 6.11. The number of fused-ring (bicyclic) bond motifs is 1. The van der Waals surface area contributed by atoms with E-state index < -0.39 is 9.85 Å². The summed E-state index contributed by atoms with van der Waals surface area (Å²) in [5, 5.41) is 26.4. The van der Waals surface area contributed by atoms with Crippen LogP contribution in [0.5, 0.6) is 0 Å². The van der Waals surface area contributed by atoms with E-state index in [9.17, 15) is 20.2 Å². The van der Waals surface area contributed by atoms with Gasteiger partial charge in [0, 0.05) is 10.9 Å². The van der Waals surface area contributed by atoms with Crippen LogP contribution in [0.2, 0.25) is 0 Å². The van der Waals surface area contributed by atoms with E-state index in [-0.39, 0.29) is 17.1 Å². The van der Waals surface area contributed by atoms with Gasteiger partial charge >= 0.3 is 0 Å². The first kappa shape index (κ1) is 17.3. The van der Waals surface area contributed by atoms with Crippen LogP contribution in [-0.4, -0.2) is 14.8 Å². The number of hydrogen-bond acceptors (Lipinski definition) is 6. The molecule has 0 aliphatic carbocycles. The fourth-order valence-electron chi connectivity index (χ4n) is 2.84. The number of nitrogens with zero attached hydrogens (tertiary/aromatic N) is 3. The van der Waals surface area contributed by atoms with Gasteiger partial charge in [-0.3, -0.25) is 25.2 Å². The highest BCUT2D eigenvalue weighted by molar-refractivity contribution is 5.88. The van der Waals surface area contributed by atoms with E-state index in [4.69, 9.17) is 0 Å². The first-order chi connectivity index (χ1) is 12.3.